The molecule has 218 valence electrons. The minimum atomic E-state index is -1.38. The molecule has 1 unspecified atom stereocenters. The van der Waals surface area contributed by atoms with Crippen LogP contribution in [0.3, 0.4) is 0 Å². The van der Waals surface area contributed by atoms with Crippen LogP contribution in [-0.2, 0) is 31.0 Å². The number of rotatable bonds is 9. The summed E-state index contributed by atoms with van der Waals surface area (Å²) < 4.78 is 6.33. The van der Waals surface area contributed by atoms with E-state index in [-0.39, 0.29) is 23.0 Å². The standard InChI is InChI=1S/C23H20N8O8S3/c1-30-23(27-28-29-30)42-9-10-8-41-21-14(20(36)31(21)15(10)22(37)38)25-17(33)13(12-5-3-7-40-12)24-18(34)19(35)26-16(32)11-4-2-6-39-11/h2-7,13-14,21H,8-9H2,1H3,(H,24,34)(H,25,33)(H,37,38)(H,26,32,35)/t13?,14-,21-/m1/s1. The number of amides is 5. The SMILES string of the molecule is Cn1nnnc1SCC1=C(C(=O)O)N2C(=O)[C@@H](NC(=O)C(NC(=O)C(=O)NC(=O)c3ccco3)c3cccs3)[C@H]2SC1. The van der Waals surface area contributed by atoms with Crippen LogP contribution in [0.4, 0.5) is 0 Å². The van der Waals surface area contributed by atoms with Gasteiger partial charge < -0.3 is 20.2 Å². The van der Waals surface area contributed by atoms with Crippen molar-refractivity contribution in [2.75, 3.05) is 11.5 Å². The van der Waals surface area contributed by atoms with Crippen LogP contribution < -0.4 is 16.0 Å². The first-order valence-corrected chi connectivity index (χ1v) is 14.9. The van der Waals surface area contributed by atoms with Gasteiger partial charge in [0.1, 0.15) is 23.2 Å². The molecule has 4 N–H and O–H groups in total. The molecule has 19 heteroatoms. The van der Waals surface area contributed by atoms with Crippen molar-refractivity contribution >= 4 is 70.4 Å². The third-order valence-corrected chi connectivity index (χ3v) is 9.42. The second-order valence-corrected chi connectivity index (χ2v) is 11.7. The molecule has 1 saturated heterocycles. The zero-order valence-electron chi connectivity index (χ0n) is 21.4. The maximum atomic E-state index is 13.3. The Morgan fingerprint density at radius 1 is 1.21 bits per heavy atom. The van der Waals surface area contributed by atoms with Crippen LogP contribution in [0, 0.1) is 0 Å². The minimum Gasteiger partial charge on any atom is -0.477 e. The first-order valence-electron chi connectivity index (χ1n) is 11.9. The average molecular weight is 633 g/mol. The molecule has 3 aromatic rings. The molecule has 42 heavy (non-hydrogen) atoms. The van der Waals surface area contributed by atoms with E-state index in [0.29, 0.717) is 15.6 Å². The highest BCUT2D eigenvalue weighted by Gasteiger charge is 2.54. The Morgan fingerprint density at radius 2 is 2.02 bits per heavy atom. The second-order valence-electron chi connectivity index (χ2n) is 8.71. The molecule has 3 atom stereocenters. The summed E-state index contributed by atoms with van der Waals surface area (Å²) in [4.78, 5) is 77.0. The molecule has 0 aromatic carbocycles. The van der Waals surface area contributed by atoms with E-state index in [1.54, 1.807) is 24.6 Å². The van der Waals surface area contributed by atoms with Gasteiger partial charge in [0, 0.05) is 23.4 Å². The number of carboxylic acids is 1. The van der Waals surface area contributed by atoms with Gasteiger partial charge in [-0.15, -0.1) is 28.2 Å². The monoisotopic (exact) mass is 632 g/mol. The molecular formula is C23H20N8O8S3. The number of nitrogens with zero attached hydrogens (tertiary/aromatic N) is 5. The van der Waals surface area contributed by atoms with Crippen molar-refractivity contribution in [1.29, 1.82) is 0 Å². The fourth-order valence-electron chi connectivity index (χ4n) is 4.07. The summed E-state index contributed by atoms with van der Waals surface area (Å²) in [6.07, 6.45) is 1.22. The summed E-state index contributed by atoms with van der Waals surface area (Å²) in [6, 6.07) is 3.44. The number of tetrazole rings is 1. The molecule has 0 bridgehead atoms. The molecule has 2 aliphatic rings. The predicted molar refractivity (Wildman–Crippen MR) is 146 cm³/mol. The number of aliphatic carboxylic acids is 1. The van der Waals surface area contributed by atoms with Gasteiger partial charge in [0.05, 0.1) is 6.26 Å². The van der Waals surface area contributed by atoms with Crippen LogP contribution >= 0.6 is 34.9 Å². The molecule has 5 amide bonds. The van der Waals surface area contributed by atoms with Crippen LogP contribution in [0.1, 0.15) is 21.5 Å². The molecule has 5 heterocycles. The fourth-order valence-corrected chi connectivity index (χ4v) is 7.18. The highest BCUT2D eigenvalue weighted by molar-refractivity contribution is 8.01. The van der Waals surface area contributed by atoms with Gasteiger partial charge in [0.2, 0.25) is 11.1 Å². The lowest BCUT2D eigenvalue weighted by atomic mass is 10.0. The molecular weight excluding hydrogens is 613 g/mol. The molecule has 5 rings (SSSR count). The van der Waals surface area contributed by atoms with Gasteiger partial charge in [-0.2, -0.15) is 0 Å². The van der Waals surface area contributed by atoms with Crippen molar-refractivity contribution in [3.05, 3.63) is 57.8 Å². The zero-order chi connectivity index (χ0) is 30.0. The molecule has 0 spiro atoms. The van der Waals surface area contributed by atoms with Crippen molar-refractivity contribution in [2.24, 2.45) is 7.05 Å². The summed E-state index contributed by atoms with van der Waals surface area (Å²) in [5, 5.41) is 29.2. The third-order valence-electron chi connectivity index (χ3n) is 6.05. The molecule has 0 aliphatic carbocycles. The van der Waals surface area contributed by atoms with Gasteiger partial charge >= 0.3 is 17.8 Å². The Hall–Kier alpha value is -4.49. The number of fused-ring (bicyclic) bond motifs is 1. The van der Waals surface area contributed by atoms with Crippen LogP contribution in [0.2, 0.25) is 0 Å². The first-order chi connectivity index (χ1) is 20.2. The summed E-state index contributed by atoms with van der Waals surface area (Å²) in [7, 11) is 1.64. The highest BCUT2D eigenvalue weighted by Crippen LogP contribution is 2.41. The lowest BCUT2D eigenvalue weighted by Gasteiger charge is -2.49. The van der Waals surface area contributed by atoms with Crippen molar-refractivity contribution in [3.8, 4) is 0 Å². The third kappa shape index (κ3) is 5.78. The lowest BCUT2D eigenvalue weighted by molar-refractivity contribution is -0.151. The number of carboxylic acid groups (broad SMARTS) is 1. The van der Waals surface area contributed by atoms with E-state index < -0.39 is 53.0 Å². The number of aromatic nitrogens is 4. The lowest BCUT2D eigenvalue weighted by Crippen LogP contribution is -2.71. The Bertz CT molecular complexity index is 1590. The molecule has 2 aliphatic heterocycles. The van der Waals surface area contributed by atoms with Crippen LogP contribution in [0.25, 0.3) is 0 Å². The normalized spacial score (nSPS) is 18.5. The number of nitrogens with one attached hydrogen (secondary N) is 3. The van der Waals surface area contributed by atoms with E-state index in [4.69, 9.17) is 4.42 Å². The number of hydrogen-bond donors (Lipinski definition) is 4. The quantitative estimate of drug-likeness (QED) is 0.133. The van der Waals surface area contributed by atoms with E-state index in [2.05, 4.69) is 26.2 Å². The molecule has 1 fully saturated rings. The van der Waals surface area contributed by atoms with Gasteiger partial charge in [-0.05, 0) is 39.6 Å². The van der Waals surface area contributed by atoms with Crippen molar-refractivity contribution in [1.82, 2.24) is 41.1 Å². The number of carbonyl (C=O) groups is 6. The summed E-state index contributed by atoms with van der Waals surface area (Å²) in [5.41, 5.74) is 0.326. The number of thioether (sulfide) groups is 2. The van der Waals surface area contributed by atoms with E-state index in [0.717, 1.165) is 16.2 Å². The number of furan rings is 1. The van der Waals surface area contributed by atoms with E-state index in [1.165, 1.54) is 46.6 Å². The second kappa shape index (κ2) is 12.2. The number of β-lactam (4-membered cyclic amide) rings is 1. The summed E-state index contributed by atoms with van der Waals surface area (Å²) >= 11 is 3.61. The number of carbonyl (C=O) groups excluding carboxylic acids is 5. The summed E-state index contributed by atoms with van der Waals surface area (Å²) in [5.74, 6) is -5.95. The molecule has 3 aromatic heterocycles. The van der Waals surface area contributed by atoms with Crippen molar-refractivity contribution < 1.29 is 38.3 Å². The minimum absolute atomic E-state index is 0.169. The number of hydrogen-bond acceptors (Lipinski definition) is 13. The van der Waals surface area contributed by atoms with Gasteiger partial charge in [-0.1, -0.05) is 17.8 Å². The van der Waals surface area contributed by atoms with E-state index in [9.17, 15) is 33.9 Å². The van der Waals surface area contributed by atoms with Crippen LogP contribution in [0.5, 0.6) is 0 Å². The average Bonchev–Trinajstić information content (AvgIpc) is 3.76. The Balaban J connectivity index is 1.26. The number of imide groups is 1. The van der Waals surface area contributed by atoms with E-state index in [1.807, 2.05) is 5.32 Å². The molecule has 0 radical (unpaired) electrons. The van der Waals surface area contributed by atoms with Gasteiger partial charge in [-0.3, -0.25) is 34.2 Å². The Labute approximate surface area is 248 Å². The van der Waals surface area contributed by atoms with Gasteiger partial charge in [-0.25, -0.2) is 9.48 Å². The Morgan fingerprint density at radius 3 is 2.67 bits per heavy atom. The molecule has 16 nitrogen and oxygen atoms in total. The van der Waals surface area contributed by atoms with Crippen LogP contribution in [-0.4, -0.2) is 88.6 Å². The first kappa shape index (κ1) is 29.0. The number of aryl methyl sites for hydroxylation is 1. The van der Waals surface area contributed by atoms with E-state index >= 15 is 0 Å². The van der Waals surface area contributed by atoms with Crippen molar-refractivity contribution in [3.63, 3.8) is 0 Å². The Kier molecular flexibility index (Phi) is 8.41. The maximum absolute atomic E-state index is 13.3. The largest absolute Gasteiger partial charge is 0.477 e. The molecule has 0 saturated carbocycles. The number of thiophene rings is 1. The van der Waals surface area contributed by atoms with Gasteiger partial charge in [0.25, 0.3) is 11.8 Å². The van der Waals surface area contributed by atoms with Gasteiger partial charge in [0.15, 0.2) is 5.76 Å². The smallest absolute Gasteiger partial charge is 0.352 e. The highest BCUT2D eigenvalue weighted by atomic mass is 32.2. The summed E-state index contributed by atoms with van der Waals surface area (Å²) in [6.45, 7) is 0. The zero-order valence-corrected chi connectivity index (χ0v) is 23.8. The van der Waals surface area contributed by atoms with Crippen LogP contribution in [0.15, 0.2) is 56.8 Å². The maximum Gasteiger partial charge on any atom is 0.352 e. The predicted octanol–water partition coefficient (Wildman–Crippen LogP) is -0.491. The fraction of sp³-hybridized carbons (Fsp3) is 0.261. The van der Waals surface area contributed by atoms with Crippen molar-refractivity contribution in [2.45, 2.75) is 22.6 Å². The topological polar surface area (TPSA) is 219 Å².